The van der Waals surface area contributed by atoms with Gasteiger partial charge in [-0.1, -0.05) is 30.3 Å². The molecule has 1 aliphatic carbocycles. The summed E-state index contributed by atoms with van der Waals surface area (Å²) in [5.41, 5.74) is 1.47. The van der Waals surface area contributed by atoms with Crippen LogP contribution in [-0.2, 0) is 0 Å². The van der Waals surface area contributed by atoms with Crippen LogP contribution in [-0.4, -0.2) is 34.9 Å². The van der Waals surface area contributed by atoms with Crippen molar-refractivity contribution in [3.05, 3.63) is 24.3 Å². The van der Waals surface area contributed by atoms with Crippen molar-refractivity contribution in [1.82, 2.24) is 4.90 Å². The van der Waals surface area contributed by atoms with Gasteiger partial charge in [0.15, 0.2) is 0 Å². The summed E-state index contributed by atoms with van der Waals surface area (Å²) in [6.07, 6.45) is 7.05. The Bertz CT molecular complexity index is 552. The summed E-state index contributed by atoms with van der Waals surface area (Å²) in [5.74, 6) is 0.855. The fourth-order valence-corrected chi connectivity index (χ4v) is 6.38. The molecule has 1 saturated carbocycles. The molecule has 1 unspecified atom stereocenters. The van der Waals surface area contributed by atoms with Crippen LogP contribution in [0.25, 0.3) is 0 Å². The molecule has 2 heterocycles. The maximum atomic E-state index is 2.81. The van der Waals surface area contributed by atoms with Gasteiger partial charge in [0.1, 0.15) is 0 Å². The summed E-state index contributed by atoms with van der Waals surface area (Å²) >= 11 is 2.11. The van der Waals surface area contributed by atoms with E-state index in [9.17, 15) is 0 Å². The van der Waals surface area contributed by atoms with Crippen molar-refractivity contribution >= 4 is 17.4 Å². The van der Waals surface area contributed by atoms with Crippen LogP contribution in [0.5, 0.6) is 0 Å². The fourth-order valence-electron chi connectivity index (χ4n) is 4.79. The zero-order valence-electron chi connectivity index (χ0n) is 14.7. The van der Waals surface area contributed by atoms with Crippen LogP contribution in [0.15, 0.2) is 29.2 Å². The van der Waals surface area contributed by atoms with Gasteiger partial charge in [0.25, 0.3) is 0 Å². The molecule has 126 valence electrons. The number of hydrogen-bond donors (Lipinski definition) is 0. The fraction of sp³-hybridized carbons (Fsp3) is 0.700. The normalized spacial score (nSPS) is 34.5. The van der Waals surface area contributed by atoms with Gasteiger partial charge < -0.3 is 4.90 Å². The van der Waals surface area contributed by atoms with E-state index in [0.717, 1.165) is 18.0 Å². The maximum Gasteiger partial charge on any atom is 0.0830 e. The maximum absolute atomic E-state index is 2.81. The molecule has 2 fully saturated rings. The van der Waals surface area contributed by atoms with E-state index in [0.29, 0.717) is 11.4 Å². The molecule has 0 N–H and O–H groups in total. The average molecular weight is 331 g/mol. The SMILES string of the molecule is CC(C)N1c2ccccc2SC1C1CC(N2CCCC[C@@H]2C)C1. The van der Waals surface area contributed by atoms with E-state index < -0.39 is 0 Å². The van der Waals surface area contributed by atoms with Crippen LogP contribution < -0.4 is 4.90 Å². The molecule has 2 aliphatic heterocycles. The van der Waals surface area contributed by atoms with Crippen molar-refractivity contribution in [1.29, 1.82) is 0 Å². The Morgan fingerprint density at radius 1 is 1.13 bits per heavy atom. The van der Waals surface area contributed by atoms with E-state index in [1.54, 1.807) is 0 Å². The summed E-state index contributed by atoms with van der Waals surface area (Å²) in [4.78, 5) is 6.98. The van der Waals surface area contributed by atoms with E-state index in [1.807, 2.05) is 0 Å². The molecule has 3 aliphatic rings. The van der Waals surface area contributed by atoms with Crippen molar-refractivity contribution < 1.29 is 0 Å². The molecule has 2 nitrogen and oxygen atoms in total. The van der Waals surface area contributed by atoms with E-state index in [1.165, 1.54) is 49.2 Å². The van der Waals surface area contributed by atoms with E-state index >= 15 is 0 Å². The number of piperidine rings is 1. The molecule has 0 spiro atoms. The zero-order valence-corrected chi connectivity index (χ0v) is 15.6. The summed E-state index contributed by atoms with van der Waals surface area (Å²) < 4.78 is 0. The first kappa shape index (κ1) is 15.8. The topological polar surface area (TPSA) is 6.48 Å². The van der Waals surface area contributed by atoms with Crippen molar-refractivity contribution in [2.75, 3.05) is 11.4 Å². The molecule has 0 aromatic heterocycles. The van der Waals surface area contributed by atoms with Crippen molar-refractivity contribution in [2.45, 2.75) is 81.3 Å². The second-order valence-electron chi connectivity index (χ2n) is 7.95. The van der Waals surface area contributed by atoms with Gasteiger partial charge in [-0.05, 0) is 71.0 Å². The second-order valence-corrected chi connectivity index (χ2v) is 9.10. The standard InChI is InChI=1S/C20H30N2S/c1-14(2)22-18-9-4-5-10-19(18)23-20(22)16-12-17(13-16)21-11-7-6-8-15(21)3/h4-5,9-10,14-17,20H,6-8,11-13H2,1-3H3/t15-,16?,17?,20?/m0/s1. The molecule has 4 rings (SSSR count). The number of likely N-dealkylation sites (tertiary alicyclic amines) is 1. The number of nitrogens with zero attached hydrogens (tertiary/aromatic N) is 2. The second kappa shape index (κ2) is 6.33. The molecular weight excluding hydrogens is 300 g/mol. The largest absolute Gasteiger partial charge is 0.356 e. The third kappa shape index (κ3) is 2.80. The van der Waals surface area contributed by atoms with Crippen LogP contribution in [0.3, 0.4) is 0 Å². The Kier molecular flexibility index (Phi) is 4.36. The quantitative estimate of drug-likeness (QED) is 0.771. The van der Waals surface area contributed by atoms with Crippen LogP contribution in [0.2, 0.25) is 0 Å². The Morgan fingerprint density at radius 2 is 1.91 bits per heavy atom. The smallest absolute Gasteiger partial charge is 0.0830 e. The van der Waals surface area contributed by atoms with Gasteiger partial charge >= 0.3 is 0 Å². The Balaban J connectivity index is 1.44. The number of fused-ring (bicyclic) bond motifs is 1. The molecule has 2 atom stereocenters. The van der Waals surface area contributed by atoms with Crippen molar-refractivity contribution in [3.63, 3.8) is 0 Å². The van der Waals surface area contributed by atoms with Gasteiger partial charge in [0.2, 0.25) is 0 Å². The highest BCUT2D eigenvalue weighted by Gasteiger charge is 2.45. The highest BCUT2D eigenvalue weighted by Crippen LogP contribution is 2.52. The van der Waals surface area contributed by atoms with Crippen LogP contribution in [0.1, 0.15) is 52.9 Å². The van der Waals surface area contributed by atoms with Gasteiger partial charge in [0, 0.05) is 23.0 Å². The highest BCUT2D eigenvalue weighted by molar-refractivity contribution is 8.00. The molecule has 0 bridgehead atoms. The van der Waals surface area contributed by atoms with Gasteiger partial charge in [-0.3, -0.25) is 4.90 Å². The minimum absolute atomic E-state index is 0.587. The Hall–Kier alpha value is -0.670. The van der Waals surface area contributed by atoms with Crippen molar-refractivity contribution in [3.8, 4) is 0 Å². The number of thioether (sulfide) groups is 1. The summed E-state index contributed by atoms with van der Waals surface area (Å²) in [5, 5.41) is 0.656. The number of para-hydroxylation sites is 1. The summed E-state index contributed by atoms with van der Waals surface area (Å²) in [6.45, 7) is 8.47. The number of anilines is 1. The highest BCUT2D eigenvalue weighted by atomic mass is 32.2. The van der Waals surface area contributed by atoms with Gasteiger partial charge in [-0.25, -0.2) is 0 Å². The minimum Gasteiger partial charge on any atom is -0.356 e. The van der Waals surface area contributed by atoms with Crippen molar-refractivity contribution in [2.24, 2.45) is 5.92 Å². The van der Waals surface area contributed by atoms with E-state index in [4.69, 9.17) is 0 Å². The predicted octanol–water partition coefficient (Wildman–Crippen LogP) is 4.99. The lowest BCUT2D eigenvalue weighted by Crippen LogP contribution is -2.55. The average Bonchev–Trinajstić information content (AvgIpc) is 2.86. The third-order valence-corrected chi connectivity index (χ3v) is 7.55. The van der Waals surface area contributed by atoms with Gasteiger partial charge in [0.05, 0.1) is 11.1 Å². The first-order chi connectivity index (χ1) is 11.1. The van der Waals surface area contributed by atoms with Crippen LogP contribution in [0.4, 0.5) is 5.69 Å². The van der Waals surface area contributed by atoms with Gasteiger partial charge in [-0.15, -0.1) is 0 Å². The monoisotopic (exact) mass is 330 g/mol. The molecule has 0 amide bonds. The zero-order chi connectivity index (χ0) is 16.0. The first-order valence-corrected chi connectivity index (χ1v) is 10.3. The Morgan fingerprint density at radius 3 is 2.65 bits per heavy atom. The lowest BCUT2D eigenvalue weighted by atomic mass is 9.77. The molecule has 1 aromatic carbocycles. The lowest BCUT2D eigenvalue weighted by molar-refractivity contribution is 0.0262. The first-order valence-electron chi connectivity index (χ1n) is 9.45. The number of benzene rings is 1. The molecule has 23 heavy (non-hydrogen) atoms. The number of hydrogen-bond acceptors (Lipinski definition) is 3. The molecular formula is C20H30N2S. The third-order valence-electron chi connectivity index (χ3n) is 6.10. The molecule has 1 saturated heterocycles. The van der Waals surface area contributed by atoms with Crippen LogP contribution in [0, 0.1) is 5.92 Å². The van der Waals surface area contributed by atoms with Gasteiger partial charge in [-0.2, -0.15) is 0 Å². The summed E-state index contributed by atoms with van der Waals surface area (Å²) in [6, 6.07) is 11.2. The molecule has 0 radical (unpaired) electrons. The molecule has 3 heteroatoms. The minimum atomic E-state index is 0.587. The van der Waals surface area contributed by atoms with Crippen LogP contribution >= 0.6 is 11.8 Å². The number of rotatable bonds is 3. The van der Waals surface area contributed by atoms with E-state index in [-0.39, 0.29) is 0 Å². The molecule has 1 aromatic rings. The van der Waals surface area contributed by atoms with E-state index in [2.05, 4.69) is 66.6 Å². The predicted molar refractivity (Wildman–Crippen MR) is 100 cm³/mol. The summed E-state index contributed by atoms with van der Waals surface area (Å²) in [7, 11) is 0. The lowest BCUT2D eigenvalue weighted by Gasteiger charge is -2.50. The Labute approximate surface area is 145 Å².